The van der Waals surface area contributed by atoms with Gasteiger partial charge in [0, 0.05) is 5.92 Å². The number of aliphatic hydroxyl groups is 2. The molecule has 2 saturated carbocycles. The van der Waals surface area contributed by atoms with Crippen LogP contribution in [0.5, 0.6) is 0 Å². The predicted molar refractivity (Wildman–Crippen MR) is 152 cm³/mol. The second-order valence-corrected chi connectivity index (χ2v) is 14.3. The van der Waals surface area contributed by atoms with Gasteiger partial charge in [0.2, 0.25) is 11.9 Å². The number of ether oxygens (including phenoxy) is 6. The zero-order valence-corrected chi connectivity index (χ0v) is 25.6. The van der Waals surface area contributed by atoms with Crippen molar-refractivity contribution in [3.63, 3.8) is 0 Å². The molecule has 12 heteroatoms. The zero-order valence-electron chi connectivity index (χ0n) is 25.6. The third-order valence-corrected chi connectivity index (χ3v) is 11.4. The molecule has 2 aliphatic carbocycles. The number of esters is 4. The Hall–Kier alpha value is -3.84. The number of carbonyl (C=O) groups excluding carboxylic acids is 4. The molecule has 46 heavy (non-hydrogen) atoms. The van der Waals surface area contributed by atoms with Gasteiger partial charge in [-0.2, -0.15) is 0 Å². The fourth-order valence-electron chi connectivity index (χ4n) is 10.1. The molecule has 4 heterocycles. The van der Waals surface area contributed by atoms with Gasteiger partial charge in [-0.1, -0.05) is 69.3 Å². The molecule has 6 aliphatic rings. The van der Waals surface area contributed by atoms with Crippen LogP contribution in [0.25, 0.3) is 0 Å². The highest BCUT2D eigenvalue weighted by Crippen LogP contribution is 2.84. The van der Waals surface area contributed by atoms with E-state index in [0.717, 1.165) is 5.56 Å². The minimum atomic E-state index is -2.56. The summed E-state index contributed by atoms with van der Waals surface area (Å²) < 4.78 is 36.9. The highest BCUT2D eigenvalue weighted by molar-refractivity contribution is 5.94. The van der Waals surface area contributed by atoms with Crippen molar-refractivity contribution in [1.29, 1.82) is 0 Å². The lowest BCUT2D eigenvalue weighted by Crippen LogP contribution is -2.74. The summed E-state index contributed by atoms with van der Waals surface area (Å²) in [4.78, 5) is 55.3. The van der Waals surface area contributed by atoms with Crippen LogP contribution in [0.15, 0.2) is 60.7 Å². The second-order valence-electron chi connectivity index (χ2n) is 14.3. The molecule has 2 aromatic rings. The summed E-state index contributed by atoms with van der Waals surface area (Å²) in [5.41, 5.74) is -8.89. The number of hydrogen-bond donors (Lipinski definition) is 2. The molecule has 12 nitrogen and oxygen atoms in total. The first kappa shape index (κ1) is 29.6. The highest BCUT2D eigenvalue weighted by Gasteiger charge is 3.05. The quantitative estimate of drug-likeness (QED) is 0.362. The molecule has 2 bridgehead atoms. The Labute approximate surface area is 263 Å². The van der Waals surface area contributed by atoms with Crippen LogP contribution in [0.4, 0.5) is 0 Å². The summed E-state index contributed by atoms with van der Waals surface area (Å²) in [6.07, 6.45) is -9.33. The smallest absolute Gasteiger partial charge is 0.343 e. The first-order chi connectivity index (χ1) is 21.8. The van der Waals surface area contributed by atoms with Gasteiger partial charge in [-0.05, 0) is 30.0 Å². The summed E-state index contributed by atoms with van der Waals surface area (Å²) in [7, 11) is 0. The molecule has 0 radical (unpaired) electrons. The number of rotatable bonds is 5. The van der Waals surface area contributed by atoms with Crippen molar-refractivity contribution >= 4 is 23.9 Å². The second kappa shape index (κ2) is 9.15. The average Bonchev–Trinajstić information content (AvgIpc) is 3.64. The monoisotopic (exact) mass is 634 g/mol. The van der Waals surface area contributed by atoms with Crippen LogP contribution >= 0.6 is 0 Å². The molecular weight excluding hydrogens is 600 g/mol. The van der Waals surface area contributed by atoms with Gasteiger partial charge in [-0.25, -0.2) is 14.4 Å². The summed E-state index contributed by atoms with van der Waals surface area (Å²) in [6, 6.07) is 17.2. The molecule has 0 amide bonds. The Balaban J connectivity index is 1.40. The van der Waals surface area contributed by atoms with Gasteiger partial charge in [0.25, 0.3) is 0 Å². The fourth-order valence-corrected chi connectivity index (χ4v) is 10.1. The molecule has 242 valence electrons. The number of carbonyl (C=O) groups is 4. The van der Waals surface area contributed by atoms with E-state index < -0.39 is 100.0 Å². The minimum Gasteiger partial charge on any atom is -0.456 e. The van der Waals surface area contributed by atoms with Crippen molar-refractivity contribution in [2.45, 2.75) is 82.3 Å². The normalized spacial score (nSPS) is 44.6. The predicted octanol–water partition coefficient (Wildman–Crippen LogP) is 1.69. The molecule has 2 spiro atoms. The number of aliphatic hydroxyl groups excluding tert-OH is 1. The molecule has 4 aliphatic heterocycles. The molecular formula is C34H34O12. The van der Waals surface area contributed by atoms with Crippen LogP contribution in [0.1, 0.15) is 43.6 Å². The van der Waals surface area contributed by atoms with Crippen molar-refractivity contribution in [2.24, 2.45) is 28.1 Å². The first-order valence-electron chi connectivity index (χ1n) is 15.4. The van der Waals surface area contributed by atoms with Gasteiger partial charge in [-0.15, -0.1) is 0 Å². The van der Waals surface area contributed by atoms with Crippen molar-refractivity contribution in [1.82, 2.24) is 0 Å². The third kappa shape index (κ3) is 3.00. The van der Waals surface area contributed by atoms with Gasteiger partial charge in [0.05, 0.1) is 28.9 Å². The third-order valence-electron chi connectivity index (χ3n) is 11.4. The number of hydrogen-bond acceptors (Lipinski definition) is 12. The van der Waals surface area contributed by atoms with E-state index in [1.54, 1.807) is 30.3 Å². The number of benzene rings is 2. The maximum Gasteiger partial charge on any atom is 0.343 e. The van der Waals surface area contributed by atoms with Crippen LogP contribution in [0.3, 0.4) is 0 Å². The van der Waals surface area contributed by atoms with Gasteiger partial charge >= 0.3 is 23.9 Å². The van der Waals surface area contributed by atoms with Crippen LogP contribution in [-0.2, 0) is 49.4 Å². The summed E-state index contributed by atoms with van der Waals surface area (Å²) in [5, 5.41) is 25.2. The maximum absolute atomic E-state index is 14.5. The Kier molecular flexibility index (Phi) is 5.88. The van der Waals surface area contributed by atoms with E-state index in [1.165, 1.54) is 6.92 Å². The molecule has 8 rings (SSSR count). The molecule has 2 aromatic carbocycles. The van der Waals surface area contributed by atoms with Crippen LogP contribution < -0.4 is 0 Å². The van der Waals surface area contributed by atoms with Gasteiger partial charge in [0.1, 0.15) is 12.2 Å². The van der Waals surface area contributed by atoms with Crippen LogP contribution in [-0.4, -0.2) is 82.1 Å². The van der Waals surface area contributed by atoms with Crippen molar-refractivity contribution in [3.8, 4) is 0 Å². The molecule has 4 saturated heterocycles. The van der Waals surface area contributed by atoms with E-state index in [1.807, 2.05) is 51.1 Å². The molecule has 12 atom stereocenters. The zero-order chi connectivity index (χ0) is 32.6. The van der Waals surface area contributed by atoms with Crippen molar-refractivity contribution < 1.29 is 57.8 Å². The Morgan fingerprint density at radius 1 is 0.935 bits per heavy atom. The average molecular weight is 635 g/mol. The fraction of sp³-hybridized carbons (Fsp3) is 0.529. The highest BCUT2D eigenvalue weighted by atomic mass is 16.8. The van der Waals surface area contributed by atoms with Gasteiger partial charge in [0.15, 0.2) is 23.9 Å². The largest absolute Gasteiger partial charge is 0.456 e. The lowest BCUT2D eigenvalue weighted by atomic mass is 9.50. The van der Waals surface area contributed by atoms with E-state index in [4.69, 9.17) is 28.4 Å². The lowest BCUT2D eigenvalue weighted by Gasteiger charge is -2.51. The first-order valence-corrected chi connectivity index (χ1v) is 15.4. The van der Waals surface area contributed by atoms with Crippen molar-refractivity contribution in [2.75, 3.05) is 0 Å². The number of fused-ring (bicyclic) bond motifs is 2. The summed E-state index contributed by atoms with van der Waals surface area (Å²) in [6.45, 7) is 6.89. The Morgan fingerprint density at radius 3 is 2.24 bits per heavy atom. The Morgan fingerprint density at radius 2 is 1.59 bits per heavy atom. The van der Waals surface area contributed by atoms with E-state index in [9.17, 15) is 29.4 Å². The van der Waals surface area contributed by atoms with E-state index >= 15 is 0 Å². The topological polar surface area (TPSA) is 164 Å². The summed E-state index contributed by atoms with van der Waals surface area (Å²) >= 11 is 0. The van der Waals surface area contributed by atoms with Crippen LogP contribution in [0, 0.1) is 28.1 Å². The molecule has 6 unspecified atom stereocenters. The summed E-state index contributed by atoms with van der Waals surface area (Å²) in [5.74, 6) is -5.83. The van der Waals surface area contributed by atoms with Crippen molar-refractivity contribution in [3.05, 3.63) is 71.8 Å². The Bertz CT molecular complexity index is 1650. The molecule has 0 aromatic heterocycles. The standard InChI is InChI=1S/C34H34O12/c1-16-25(36)44-23-21(35)32-22(43-26(37)18-13-9-6-10-14-18)19-20(30(2,3)4)31(32)24(41-15-17-11-7-5-8-12-17)27(38)45-29(31)46-34(32,28(39)42-19)33(16,23)40/h5-14,16,19-24,29,35,40H,15H2,1-4H3/t16-,19-,20+,21+,22?,23?,24+,29?,31?,32?,33-,34?/m1/s1. The molecule has 2 N–H and O–H groups in total. The molecule has 6 fully saturated rings. The maximum atomic E-state index is 14.5. The lowest BCUT2D eigenvalue weighted by molar-refractivity contribution is -0.281. The van der Waals surface area contributed by atoms with Gasteiger partial charge in [-0.3, -0.25) is 4.79 Å². The van der Waals surface area contributed by atoms with E-state index in [-0.39, 0.29) is 12.2 Å². The van der Waals surface area contributed by atoms with E-state index in [2.05, 4.69) is 0 Å². The van der Waals surface area contributed by atoms with Gasteiger partial charge < -0.3 is 38.6 Å². The SMILES string of the molecule is C[C@@H]1C(=O)OC2[C@H](O)C34C(OC(=O)c5ccccc5)[C@@H]5OC(=O)C3(OC3OC(=O)[C@H](OCc6ccccc6)C34[C@@H]5C(C)(C)C)[C@]21O. The van der Waals surface area contributed by atoms with E-state index in [0.29, 0.717) is 0 Å². The van der Waals surface area contributed by atoms with Crippen LogP contribution in [0.2, 0.25) is 0 Å². The minimum absolute atomic E-state index is 0.0574.